The Kier molecular flexibility index (Phi) is 6.45. The van der Waals surface area contributed by atoms with Crippen molar-refractivity contribution in [1.82, 2.24) is 14.5 Å². The second-order valence-electron chi connectivity index (χ2n) is 8.42. The Hall–Kier alpha value is -3.42. The molecule has 0 saturated carbocycles. The first-order valence-electron chi connectivity index (χ1n) is 11.4. The van der Waals surface area contributed by atoms with Crippen LogP contribution in [0.25, 0.3) is 32.3 Å². The Labute approximate surface area is 211 Å². The maximum atomic E-state index is 14.1. The fourth-order valence-corrected chi connectivity index (χ4v) is 6.26. The molecule has 35 heavy (non-hydrogen) atoms. The van der Waals surface area contributed by atoms with Gasteiger partial charge in [-0.3, -0.25) is 9.36 Å². The van der Waals surface area contributed by atoms with Crippen LogP contribution in [0.2, 0.25) is 0 Å². The zero-order valence-electron chi connectivity index (χ0n) is 19.7. The van der Waals surface area contributed by atoms with Gasteiger partial charge in [-0.05, 0) is 51.0 Å². The summed E-state index contributed by atoms with van der Waals surface area (Å²) in [4.78, 5) is 26.3. The summed E-state index contributed by atoms with van der Waals surface area (Å²) in [5.41, 5.74) is 3.94. The molecule has 0 radical (unpaired) electrons. The van der Waals surface area contributed by atoms with Gasteiger partial charge < -0.3 is 0 Å². The molecule has 0 aliphatic rings. The SMILES string of the molecule is Cc1ncc(-c2cc(-c3c(C)nc(-c4cccc(F)c4)n(CCc4ccccc4)c3=O)sc2C)s1. The summed E-state index contributed by atoms with van der Waals surface area (Å²) in [5, 5.41) is 1.01. The molecule has 3 aromatic heterocycles. The Morgan fingerprint density at radius 2 is 1.74 bits per heavy atom. The number of aryl methyl sites for hydroxylation is 4. The Balaban J connectivity index is 1.65. The van der Waals surface area contributed by atoms with Gasteiger partial charge in [0.1, 0.15) is 11.6 Å². The number of halogens is 1. The minimum atomic E-state index is -0.355. The highest BCUT2D eigenvalue weighted by molar-refractivity contribution is 7.18. The van der Waals surface area contributed by atoms with E-state index in [-0.39, 0.29) is 11.4 Å². The van der Waals surface area contributed by atoms with Gasteiger partial charge in [0.15, 0.2) is 0 Å². The Morgan fingerprint density at radius 3 is 2.46 bits per heavy atom. The summed E-state index contributed by atoms with van der Waals surface area (Å²) in [5.74, 6) is 0.129. The summed E-state index contributed by atoms with van der Waals surface area (Å²) in [6.07, 6.45) is 2.55. The molecule has 5 rings (SSSR count). The minimum absolute atomic E-state index is 0.110. The van der Waals surface area contributed by atoms with Crippen molar-refractivity contribution in [2.45, 2.75) is 33.7 Å². The lowest BCUT2D eigenvalue weighted by atomic mass is 10.1. The van der Waals surface area contributed by atoms with E-state index in [0.717, 1.165) is 30.8 Å². The summed E-state index contributed by atoms with van der Waals surface area (Å²) in [7, 11) is 0. The fourth-order valence-electron chi connectivity index (χ4n) is 4.22. The van der Waals surface area contributed by atoms with E-state index < -0.39 is 0 Å². The molecule has 3 heterocycles. The van der Waals surface area contributed by atoms with Crippen LogP contribution >= 0.6 is 22.7 Å². The fraction of sp³-hybridized carbons (Fsp3) is 0.179. The van der Waals surface area contributed by atoms with Gasteiger partial charge in [0.05, 0.1) is 21.1 Å². The number of aromatic nitrogens is 3. The van der Waals surface area contributed by atoms with Crippen molar-refractivity contribution >= 4 is 22.7 Å². The first kappa shape index (κ1) is 23.3. The predicted octanol–water partition coefficient (Wildman–Crippen LogP) is 7.07. The second kappa shape index (κ2) is 9.68. The minimum Gasteiger partial charge on any atom is -0.292 e. The molecule has 5 aromatic rings. The molecule has 0 atom stereocenters. The van der Waals surface area contributed by atoms with Crippen molar-refractivity contribution in [3.8, 4) is 32.3 Å². The van der Waals surface area contributed by atoms with Crippen molar-refractivity contribution in [1.29, 1.82) is 0 Å². The van der Waals surface area contributed by atoms with E-state index in [9.17, 15) is 9.18 Å². The van der Waals surface area contributed by atoms with Crippen LogP contribution in [-0.4, -0.2) is 14.5 Å². The van der Waals surface area contributed by atoms with Crippen molar-refractivity contribution in [2.75, 3.05) is 0 Å². The first-order chi connectivity index (χ1) is 16.9. The molecule has 0 aliphatic heterocycles. The quantitative estimate of drug-likeness (QED) is 0.250. The monoisotopic (exact) mass is 501 g/mol. The highest BCUT2D eigenvalue weighted by Gasteiger charge is 2.20. The van der Waals surface area contributed by atoms with E-state index in [1.54, 1.807) is 39.4 Å². The van der Waals surface area contributed by atoms with Crippen LogP contribution < -0.4 is 5.56 Å². The van der Waals surface area contributed by atoms with Crippen LogP contribution in [0.4, 0.5) is 4.39 Å². The number of benzene rings is 2. The van der Waals surface area contributed by atoms with Crippen molar-refractivity contribution in [3.05, 3.63) is 104 Å². The zero-order chi connectivity index (χ0) is 24.5. The summed E-state index contributed by atoms with van der Waals surface area (Å²) >= 11 is 3.24. The first-order valence-corrected chi connectivity index (χ1v) is 13.0. The number of thiophene rings is 1. The van der Waals surface area contributed by atoms with Gasteiger partial charge in [-0.2, -0.15) is 0 Å². The van der Waals surface area contributed by atoms with E-state index in [2.05, 4.69) is 18.0 Å². The molecule has 0 N–H and O–H groups in total. The lowest BCUT2D eigenvalue weighted by Gasteiger charge is -2.16. The van der Waals surface area contributed by atoms with Crippen LogP contribution in [0.3, 0.4) is 0 Å². The molecule has 4 nitrogen and oxygen atoms in total. The largest absolute Gasteiger partial charge is 0.292 e. The molecular formula is C28H24FN3OS2. The van der Waals surface area contributed by atoms with Crippen molar-refractivity contribution in [3.63, 3.8) is 0 Å². The Morgan fingerprint density at radius 1 is 0.943 bits per heavy atom. The molecule has 0 amide bonds. The van der Waals surface area contributed by atoms with Crippen molar-refractivity contribution < 1.29 is 4.39 Å². The van der Waals surface area contributed by atoms with Gasteiger partial charge in [0.2, 0.25) is 0 Å². The second-order valence-corrected chi connectivity index (χ2v) is 10.9. The standard InChI is InChI=1S/C28H24FN3OS2/c1-17-26(24-15-23(18(2)34-24)25-16-30-19(3)35-25)28(33)32(13-12-20-8-5-4-6-9-20)27(31-17)21-10-7-11-22(29)14-21/h4-11,14-16H,12-13H2,1-3H3. The van der Waals surface area contributed by atoms with E-state index in [1.807, 2.05) is 50.4 Å². The number of thiazole rings is 1. The van der Waals surface area contributed by atoms with E-state index in [4.69, 9.17) is 4.98 Å². The summed E-state index contributed by atoms with van der Waals surface area (Å²) in [6.45, 7) is 6.35. The maximum absolute atomic E-state index is 14.1. The van der Waals surface area contributed by atoms with Crippen LogP contribution in [-0.2, 0) is 13.0 Å². The van der Waals surface area contributed by atoms with E-state index in [1.165, 1.54) is 12.1 Å². The van der Waals surface area contributed by atoms with E-state index in [0.29, 0.717) is 35.6 Å². The molecule has 2 aromatic carbocycles. The number of rotatable bonds is 6. The van der Waals surface area contributed by atoms with Crippen molar-refractivity contribution in [2.24, 2.45) is 0 Å². The molecular weight excluding hydrogens is 477 g/mol. The third-order valence-electron chi connectivity index (χ3n) is 5.95. The molecule has 0 aliphatic carbocycles. The average molecular weight is 502 g/mol. The van der Waals surface area contributed by atoms with Gasteiger partial charge in [-0.15, -0.1) is 22.7 Å². The summed E-state index contributed by atoms with van der Waals surface area (Å²) < 4.78 is 15.8. The highest BCUT2D eigenvalue weighted by Crippen LogP contribution is 2.38. The molecule has 0 saturated heterocycles. The van der Waals surface area contributed by atoms with Gasteiger partial charge in [0, 0.05) is 33.6 Å². The maximum Gasteiger partial charge on any atom is 0.262 e. The predicted molar refractivity (Wildman–Crippen MR) is 143 cm³/mol. The third-order valence-corrected chi connectivity index (χ3v) is 7.96. The topological polar surface area (TPSA) is 47.8 Å². The normalized spacial score (nSPS) is 11.2. The smallest absolute Gasteiger partial charge is 0.262 e. The van der Waals surface area contributed by atoms with Gasteiger partial charge in [-0.1, -0.05) is 42.5 Å². The summed E-state index contributed by atoms with van der Waals surface area (Å²) in [6, 6.07) is 18.4. The molecule has 7 heteroatoms. The number of hydrogen-bond acceptors (Lipinski definition) is 5. The highest BCUT2D eigenvalue weighted by atomic mass is 32.1. The van der Waals surface area contributed by atoms with Gasteiger partial charge >= 0.3 is 0 Å². The molecule has 0 unspecified atom stereocenters. The zero-order valence-corrected chi connectivity index (χ0v) is 21.3. The van der Waals surface area contributed by atoms with Crippen LogP contribution in [0, 0.1) is 26.6 Å². The lowest BCUT2D eigenvalue weighted by molar-refractivity contribution is 0.626. The van der Waals surface area contributed by atoms with Gasteiger partial charge in [-0.25, -0.2) is 14.4 Å². The number of hydrogen-bond donors (Lipinski definition) is 0. The number of nitrogens with zero attached hydrogens (tertiary/aromatic N) is 3. The Bertz CT molecular complexity index is 1570. The molecule has 0 bridgehead atoms. The van der Waals surface area contributed by atoms with Gasteiger partial charge in [0.25, 0.3) is 5.56 Å². The van der Waals surface area contributed by atoms with Crippen LogP contribution in [0.5, 0.6) is 0 Å². The average Bonchev–Trinajstić information content (AvgIpc) is 3.44. The van der Waals surface area contributed by atoms with Crippen LogP contribution in [0.1, 0.15) is 21.1 Å². The third kappa shape index (κ3) is 4.74. The molecule has 176 valence electrons. The molecule has 0 fully saturated rings. The molecule has 0 spiro atoms. The lowest BCUT2D eigenvalue weighted by Crippen LogP contribution is -2.27. The van der Waals surface area contributed by atoms with Crippen LogP contribution in [0.15, 0.2) is 71.7 Å². The van der Waals surface area contributed by atoms with E-state index >= 15 is 0 Å².